The Bertz CT molecular complexity index is 553. The van der Waals surface area contributed by atoms with E-state index in [2.05, 4.69) is 15.9 Å². The maximum atomic E-state index is 9.71. The Morgan fingerprint density at radius 2 is 1.95 bits per heavy atom. The zero-order valence-corrected chi connectivity index (χ0v) is 13.8. The standard InChI is InChI=1S/C16H20BrNO3/c1-18(9-14(19)11-20-2)10-15-7-8-16(21-15)12-3-5-13(17)6-4-12/h3-8,14,19H,9-11H2,1-2H3. The molecule has 0 aliphatic heterocycles. The maximum Gasteiger partial charge on any atom is 0.134 e. The lowest BCUT2D eigenvalue weighted by molar-refractivity contribution is 0.0407. The van der Waals surface area contributed by atoms with Crippen LogP contribution in [0.1, 0.15) is 5.76 Å². The summed E-state index contributed by atoms with van der Waals surface area (Å²) in [5.74, 6) is 1.73. The van der Waals surface area contributed by atoms with Gasteiger partial charge in [0.1, 0.15) is 11.5 Å². The quantitative estimate of drug-likeness (QED) is 0.830. The maximum absolute atomic E-state index is 9.71. The Morgan fingerprint density at radius 3 is 2.62 bits per heavy atom. The molecule has 0 amide bonds. The summed E-state index contributed by atoms with van der Waals surface area (Å²) >= 11 is 3.42. The lowest BCUT2D eigenvalue weighted by Crippen LogP contribution is -2.31. The number of aliphatic hydroxyl groups excluding tert-OH is 1. The van der Waals surface area contributed by atoms with E-state index in [4.69, 9.17) is 9.15 Å². The van der Waals surface area contributed by atoms with E-state index in [1.165, 1.54) is 0 Å². The van der Waals surface area contributed by atoms with Crippen molar-refractivity contribution in [1.29, 1.82) is 0 Å². The Balaban J connectivity index is 1.95. The molecule has 114 valence electrons. The van der Waals surface area contributed by atoms with Crippen LogP contribution < -0.4 is 0 Å². The summed E-state index contributed by atoms with van der Waals surface area (Å²) < 4.78 is 11.8. The summed E-state index contributed by atoms with van der Waals surface area (Å²) in [6.07, 6.45) is -0.485. The van der Waals surface area contributed by atoms with Gasteiger partial charge in [-0.05, 0) is 31.3 Å². The third kappa shape index (κ3) is 4.97. The molecule has 1 N–H and O–H groups in total. The average molecular weight is 354 g/mol. The number of aliphatic hydroxyl groups is 1. The molecule has 1 atom stereocenters. The van der Waals surface area contributed by atoms with Gasteiger partial charge in [0.15, 0.2) is 0 Å². The van der Waals surface area contributed by atoms with E-state index in [0.717, 1.165) is 21.6 Å². The van der Waals surface area contributed by atoms with Crippen LogP contribution in [0.4, 0.5) is 0 Å². The molecule has 0 fully saturated rings. The van der Waals surface area contributed by atoms with E-state index >= 15 is 0 Å². The van der Waals surface area contributed by atoms with Crippen molar-refractivity contribution in [1.82, 2.24) is 4.90 Å². The highest BCUT2D eigenvalue weighted by molar-refractivity contribution is 9.10. The van der Waals surface area contributed by atoms with Crippen LogP contribution in [0.5, 0.6) is 0 Å². The van der Waals surface area contributed by atoms with Crippen LogP contribution in [-0.2, 0) is 11.3 Å². The minimum atomic E-state index is -0.485. The number of hydrogen-bond acceptors (Lipinski definition) is 4. The van der Waals surface area contributed by atoms with Crippen LogP contribution in [0.2, 0.25) is 0 Å². The van der Waals surface area contributed by atoms with E-state index in [0.29, 0.717) is 19.7 Å². The van der Waals surface area contributed by atoms with Gasteiger partial charge in [-0.3, -0.25) is 4.90 Å². The molecule has 21 heavy (non-hydrogen) atoms. The zero-order chi connectivity index (χ0) is 15.2. The summed E-state index contributed by atoms with van der Waals surface area (Å²) in [5.41, 5.74) is 1.05. The van der Waals surface area contributed by atoms with Gasteiger partial charge in [0.2, 0.25) is 0 Å². The number of ether oxygens (including phenoxy) is 1. The molecule has 0 saturated carbocycles. The van der Waals surface area contributed by atoms with Crippen molar-refractivity contribution in [3.8, 4) is 11.3 Å². The van der Waals surface area contributed by atoms with Crippen molar-refractivity contribution in [3.63, 3.8) is 0 Å². The van der Waals surface area contributed by atoms with E-state index in [9.17, 15) is 5.11 Å². The van der Waals surface area contributed by atoms with Crippen molar-refractivity contribution in [2.75, 3.05) is 27.3 Å². The molecule has 5 heteroatoms. The van der Waals surface area contributed by atoms with Crippen LogP contribution in [-0.4, -0.2) is 43.4 Å². The van der Waals surface area contributed by atoms with Crippen molar-refractivity contribution in [2.45, 2.75) is 12.6 Å². The second-order valence-corrected chi connectivity index (χ2v) is 5.99. The number of furan rings is 1. The number of rotatable bonds is 7. The Kier molecular flexibility index (Phi) is 5.99. The topological polar surface area (TPSA) is 45.8 Å². The number of methoxy groups -OCH3 is 1. The molecular weight excluding hydrogens is 334 g/mol. The molecule has 2 aromatic rings. The fourth-order valence-corrected chi connectivity index (χ4v) is 2.43. The highest BCUT2D eigenvalue weighted by Crippen LogP contribution is 2.24. The monoisotopic (exact) mass is 353 g/mol. The molecule has 1 aromatic heterocycles. The van der Waals surface area contributed by atoms with E-state index in [-0.39, 0.29) is 0 Å². The molecule has 1 unspecified atom stereocenters. The number of benzene rings is 1. The molecule has 0 radical (unpaired) electrons. The van der Waals surface area contributed by atoms with Crippen molar-refractivity contribution < 1.29 is 14.3 Å². The zero-order valence-electron chi connectivity index (χ0n) is 12.3. The van der Waals surface area contributed by atoms with Gasteiger partial charge in [-0.2, -0.15) is 0 Å². The first kappa shape index (κ1) is 16.2. The van der Waals surface area contributed by atoms with Gasteiger partial charge >= 0.3 is 0 Å². The number of hydrogen-bond donors (Lipinski definition) is 1. The first-order chi connectivity index (χ1) is 10.1. The lowest BCUT2D eigenvalue weighted by atomic mass is 10.2. The van der Waals surface area contributed by atoms with Gasteiger partial charge in [-0.15, -0.1) is 0 Å². The highest BCUT2D eigenvalue weighted by Gasteiger charge is 2.11. The van der Waals surface area contributed by atoms with Crippen molar-refractivity contribution in [2.24, 2.45) is 0 Å². The van der Waals surface area contributed by atoms with Gasteiger partial charge < -0.3 is 14.3 Å². The van der Waals surface area contributed by atoms with Crippen LogP contribution in [0, 0.1) is 0 Å². The molecular formula is C16H20BrNO3. The Labute approximate surface area is 133 Å². The number of halogens is 1. The van der Waals surface area contributed by atoms with E-state index < -0.39 is 6.10 Å². The summed E-state index contributed by atoms with van der Waals surface area (Å²) in [6.45, 7) is 1.53. The fourth-order valence-electron chi connectivity index (χ4n) is 2.17. The first-order valence-corrected chi connectivity index (χ1v) is 7.58. The number of likely N-dealkylation sites (N-methyl/N-ethyl adjacent to an activating group) is 1. The SMILES string of the molecule is COCC(O)CN(C)Cc1ccc(-c2ccc(Br)cc2)o1. The molecule has 0 aliphatic rings. The Morgan fingerprint density at radius 1 is 1.24 bits per heavy atom. The van der Waals surface area contributed by atoms with Crippen LogP contribution >= 0.6 is 15.9 Å². The van der Waals surface area contributed by atoms with E-state index in [1.54, 1.807) is 7.11 Å². The normalized spacial score (nSPS) is 12.8. The largest absolute Gasteiger partial charge is 0.460 e. The fraction of sp³-hybridized carbons (Fsp3) is 0.375. The van der Waals surface area contributed by atoms with Crippen molar-refractivity contribution in [3.05, 3.63) is 46.6 Å². The molecule has 0 bridgehead atoms. The minimum absolute atomic E-state index is 0.340. The third-order valence-corrected chi connectivity index (χ3v) is 3.63. The molecule has 0 saturated heterocycles. The molecule has 1 aromatic carbocycles. The minimum Gasteiger partial charge on any atom is -0.460 e. The van der Waals surface area contributed by atoms with Gasteiger partial charge in [0, 0.05) is 23.7 Å². The molecule has 2 rings (SSSR count). The van der Waals surface area contributed by atoms with Gasteiger partial charge in [0.25, 0.3) is 0 Å². The van der Waals surface area contributed by atoms with Crippen LogP contribution in [0.25, 0.3) is 11.3 Å². The summed E-state index contributed by atoms with van der Waals surface area (Å²) in [4.78, 5) is 2.01. The molecule has 0 spiro atoms. The molecule has 4 nitrogen and oxygen atoms in total. The highest BCUT2D eigenvalue weighted by atomic mass is 79.9. The first-order valence-electron chi connectivity index (χ1n) is 6.78. The second kappa shape index (κ2) is 7.75. The number of nitrogens with zero attached hydrogens (tertiary/aromatic N) is 1. The smallest absolute Gasteiger partial charge is 0.134 e. The van der Waals surface area contributed by atoms with Crippen molar-refractivity contribution >= 4 is 15.9 Å². The van der Waals surface area contributed by atoms with Gasteiger partial charge in [-0.1, -0.05) is 28.1 Å². The second-order valence-electron chi connectivity index (χ2n) is 5.08. The molecule has 0 aliphatic carbocycles. The third-order valence-electron chi connectivity index (χ3n) is 3.10. The average Bonchev–Trinajstić information content (AvgIpc) is 2.88. The predicted molar refractivity (Wildman–Crippen MR) is 86.1 cm³/mol. The van der Waals surface area contributed by atoms with E-state index in [1.807, 2.05) is 48.3 Å². The van der Waals surface area contributed by atoms with Gasteiger partial charge in [0.05, 0.1) is 19.3 Å². The van der Waals surface area contributed by atoms with Crippen LogP contribution in [0.15, 0.2) is 45.3 Å². The lowest BCUT2D eigenvalue weighted by Gasteiger charge is -2.18. The summed E-state index contributed by atoms with van der Waals surface area (Å²) in [5, 5.41) is 9.71. The Hall–Kier alpha value is -1.14. The predicted octanol–water partition coefficient (Wildman–Crippen LogP) is 3.15. The summed E-state index contributed by atoms with van der Waals surface area (Å²) in [6, 6.07) is 11.9. The van der Waals surface area contributed by atoms with Gasteiger partial charge in [-0.25, -0.2) is 0 Å². The summed E-state index contributed by atoms with van der Waals surface area (Å²) in [7, 11) is 3.53. The van der Waals surface area contributed by atoms with Crippen LogP contribution in [0.3, 0.4) is 0 Å². The molecule has 1 heterocycles.